The van der Waals surface area contributed by atoms with Crippen molar-refractivity contribution < 1.29 is 9.18 Å². The second-order valence-corrected chi connectivity index (χ2v) is 8.36. The highest BCUT2D eigenvalue weighted by atomic mass is 19.1. The molecule has 2 fully saturated rings. The molecule has 2 atom stereocenters. The smallest absolute Gasteiger partial charge is 0.252 e. The van der Waals surface area contributed by atoms with E-state index in [-0.39, 0.29) is 30.2 Å². The molecule has 0 radical (unpaired) electrons. The Morgan fingerprint density at radius 2 is 1.79 bits per heavy atom. The number of halogens is 1. The standard InChI is InChI=1S/C22H24FN5O/c1-13-9-14(2)28-22(24-13)25-20(26-28)12-21(29)27-18-7-8-19(27)11-16(10-18)15-3-5-17(23)6-4-15/h3-6,9,16,18-19H,7-8,10-12H2,1-2H3/t18-,19-/m1/s1. The molecule has 2 saturated heterocycles. The van der Waals surface area contributed by atoms with Gasteiger partial charge in [0.15, 0.2) is 5.82 Å². The van der Waals surface area contributed by atoms with Gasteiger partial charge in [0, 0.05) is 23.5 Å². The number of fused-ring (bicyclic) bond motifs is 3. The number of carbonyl (C=O) groups excluding carboxylic acids is 1. The largest absolute Gasteiger partial charge is 0.336 e. The van der Waals surface area contributed by atoms with Crippen molar-refractivity contribution in [1.29, 1.82) is 0 Å². The van der Waals surface area contributed by atoms with Gasteiger partial charge in [-0.2, -0.15) is 4.98 Å². The zero-order valence-corrected chi connectivity index (χ0v) is 16.7. The van der Waals surface area contributed by atoms with Crippen LogP contribution in [0.5, 0.6) is 0 Å². The molecular weight excluding hydrogens is 369 g/mol. The van der Waals surface area contributed by atoms with Crippen LogP contribution in [-0.2, 0) is 11.2 Å². The second-order valence-electron chi connectivity index (χ2n) is 8.36. The highest BCUT2D eigenvalue weighted by molar-refractivity contribution is 5.79. The molecule has 29 heavy (non-hydrogen) atoms. The summed E-state index contributed by atoms with van der Waals surface area (Å²) in [5, 5.41) is 4.49. The van der Waals surface area contributed by atoms with Crippen LogP contribution < -0.4 is 0 Å². The van der Waals surface area contributed by atoms with E-state index in [2.05, 4.69) is 20.0 Å². The van der Waals surface area contributed by atoms with Crippen LogP contribution in [0.3, 0.4) is 0 Å². The maximum atomic E-state index is 13.2. The summed E-state index contributed by atoms with van der Waals surface area (Å²) >= 11 is 0. The summed E-state index contributed by atoms with van der Waals surface area (Å²) in [6.45, 7) is 3.89. The van der Waals surface area contributed by atoms with E-state index < -0.39 is 0 Å². The average Bonchev–Trinajstić information content (AvgIpc) is 3.20. The number of piperidine rings is 1. The lowest BCUT2D eigenvalue weighted by molar-refractivity contribution is -0.135. The van der Waals surface area contributed by atoms with E-state index in [1.807, 2.05) is 32.0 Å². The number of benzene rings is 1. The van der Waals surface area contributed by atoms with Crippen LogP contribution in [0.1, 0.15) is 54.4 Å². The van der Waals surface area contributed by atoms with Gasteiger partial charge in [-0.1, -0.05) is 12.1 Å². The Morgan fingerprint density at radius 3 is 2.48 bits per heavy atom. The third-order valence-electron chi connectivity index (χ3n) is 6.33. The molecule has 4 heterocycles. The van der Waals surface area contributed by atoms with E-state index in [0.717, 1.165) is 37.1 Å². The van der Waals surface area contributed by atoms with Gasteiger partial charge in [-0.25, -0.2) is 13.9 Å². The number of carbonyl (C=O) groups is 1. The van der Waals surface area contributed by atoms with Gasteiger partial charge >= 0.3 is 0 Å². The van der Waals surface area contributed by atoms with Crippen molar-refractivity contribution in [2.45, 2.75) is 64.0 Å². The second kappa shape index (κ2) is 6.90. The molecule has 2 aromatic heterocycles. The molecule has 150 valence electrons. The fourth-order valence-electron chi connectivity index (χ4n) is 5.10. The van der Waals surface area contributed by atoms with E-state index in [4.69, 9.17) is 0 Å². The molecule has 0 saturated carbocycles. The van der Waals surface area contributed by atoms with Crippen molar-refractivity contribution in [2.24, 2.45) is 0 Å². The summed E-state index contributed by atoms with van der Waals surface area (Å²) in [6, 6.07) is 9.27. The molecule has 0 spiro atoms. The monoisotopic (exact) mass is 393 g/mol. The third-order valence-corrected chi connectivity index (χ3v) is 6.33. The molecule has 1 aromatic carbocycles. The average molecular weight is 393 g/mol. The molecular formula is C22H24FN5O. The predicted molar refractivity (Wildman–Crippen MR) is 106 cm³/mol. The summed E-state index contributed by atoms with van der Waals surface area (Å²) in [5.74, 6) is 1.35. The summed E-state index contributed by atoms with van der Waals surface area (Å²) in [4.78, 5) is 24.1. The first-order chi connectivity index (χ1) is 14.0. The van der Waals surface area contributed by atoms with Gasteiger partial charge in [0.1, 0.15) is 5.82 Å². The Bertz CT molecular complexity index is 1060. The molecule has 0 N–H and O–H groups in total. The summed E-state index contributed by atoms with van der Waals surface area (Å²) in [5.41, 5.74) is 3.02. The topological polar surface area (TPSA) is 63.4 Å². The van der Waals surface area contributed by atoms with E-state index in [9.17, 15) is 9.18 Å². The maximum absolute atomic E-state index is 13.2. The van der Waals surface area contributed by atoms with Crippen molar-refractivity contribution >= 4 is 11.7 Å². The lowest BCUT2D eigenvalue weighted by Crippen LogP contribution is -2.46. The highest BCUT2D eigenvalue weighted by Crippen LogP contribution is 2.43. The van der Waals surface area contributed by atoms with Crippen molar-refractivity contribution in [2.75, 3.05) is 0 Å². The van der Waals surface area contributed by atoms with E-state index in [1.54, 1.807) is 4.52 Å². The number of hydrogen-bond acceptors (Lipinski definition) is 4. The highest BCUT2D eigenvalue weighted by Gasteiger charge is 2.43. The number of amides is 1. The molecule has 0 aliphatic carbocycles. The van der Waals surface area contributed by atoms with Gasteiger partial charge in [0.05, 0.1) is 6.42 Å². The SMILES string of the molecule is Cc1cc(C)n2nc(CC(=O)N3[C@@H]4CC[C@@H]3CC(c3ccc(F)cc3)C4)nc2n1. The van der Waals surface area contributed by atoms with Crippen molar-refractivity contribution in [3.05, 3.63) is 58.9 Å². The first-order valence-electron chi connectivity index (χ1n) is 10.2. The van der Waals surface area contributed by atoms with Gasteiger partial charge in [0.25, 0.3) is 5.78 Å². The fourth-order valence-corrected chi connectivity index (χ4v) is 5.10. The zero-order valence-electron chi connectivity index (χ0n) is 16.7. The minimum atomic E-state index is -0.204. The maximum Gasteiger partial charge on any atom is 0.252 e. The minimum absolute atomic E-state index is 0.0975. The predicted octanol–water partition coefficient (Wildman–Crippen LogP) is 3.36. The normalized spacial score (nSPS) is 23.7. The van der Waals surface area contributed by atoms with E-state index >= 15 is 0 Å². The molecule has 3 aromatic rings. The van der Waals surface area contributed by atoms with Crippen LogP contribution in [0.2, 0.25) is 0 Å². The quantitative estimate of drug-likeness (QED) is 0.685. The Balaban J connectivity index is 1.32. The van der Waals surface area contributed by atoms with Crippen LogP contribution in [-0.4, -0.2) is 42.5 Å². The molecule has 2 aliphatic heterocycles. The Kier molecular flexibility index (Phi) is 4.33. The van der Waals surface area contributed by atoms with Crippen LogP contribution in [0, 0.1) is 19.7 Å². The van der Waals surface area contributed by atoms with E-state index in [0.29, 0.717) is 17.5 Å². The number of aryl methyl sites for hydroxylation is 2. The number of aromatic nitrogens is 4. The molecule has 6 nitrogen and oxygen atoms in total. The van der Waals surface area contributed by atoms with Gasteiger partial charge in [-0.15, -0.1) is 5.10 Å². The lowest BCUT2D eigenvalue weighted by atomic mass is 9.85. The van der Waals surface area contributed by atoms with Crippen LogP contribution >= 0.6 is 0 Å². The van der Waals surface area contributed by atoms with Gasteiger partial charge in [0.2, 0.25) is 5.91 Å². The fraction of sp³-hybridized carbons (Fsp3) is 0.455. The van der Waals surface area contributed by atoms with Crippen molar-refractivity contribution in [1.82, 2.24) is 24.5 Å². The molecule has 0 unspecified atom stereocenters. The molecule has 7 heteroatoms. The van der Waals surface area contributed by atoms with Gasteiger partial charge in [-0.05, 0) is 69.2 Å². The van der Waals surface area contributed by atoms with Gasteiger partial charge in [-0.3, -0.25) is 4.79 Å². The van der Waals surface area contributed by atoms with Crippen LogP contribution in [0.15, 0.2) is 30.3 Å². The Labute approximate surface area is 168 Å². The number of rotatable bonds is 3. The third kappa shape index (κ3) is 3.28. The first-order valence-corrected chi connectivity index (χ1v) is 10.2. The zero-order chi connectivity index (χ0) is 20.1. The first kappa shape index (κ1) is 18.2. The molecule has 2 bridgehead atoms. The summed E-state index contributed by atoms with van der Waals surface area (Å²) < 4.78 is 14.9. The Hall–Kier alpha value is -2.83. The van der Waals surface area contributed by atoms with Crippen LogP contribution in [0.25, 0.3) is 5.78 Å². The number of nitrogens with zero attached hydrogens (tertiary/aromatic N) is 5. The Morgan fingerprint density at radius 1 is 1.10 bits per heavy atom. The molecule has 5 rings (SSSR count). The summed E-state index contributed by atoms with van der Waals surface area (Å²) in [6.07, 6.45) is 4.15. The summed E-state index contributed by atoms with van der Waals surface area (Å²) in [7, 11) is 0. The molecule has 2 aliphatic rings. The van der Waals surface area contributed by atoms with E-state index in [1.165, 1.54) is 17.7 Å². The minimum Gasteiger partial charge on any atom is -0.336 e. The molecule has 1 amide bonds. The van der Waals surface area contributed by atoms with Crippen molar-refractivity contribution in [3.63, 3.8) is 0 Å². The van der Waals surface area contributed by atoms with Crippen LogP contribution in [0.4, 0.5) is 4.39 Å². The van der Waals surface area contributed by atoms with Crippen molar-refractivity contribution in [3.8, 4) is 0 Å². The number of hydrogen-bond donors (Lipinski definition) is 0. The van der Waals surface area contributed by atoms with Gasteiger partial charge < -0.3 is 4.90 Å². The lowest BCUT2D eigenvalue weighted by Gasteiger charge is -2.39.